The van der Waals surface area contributed by atoms with Crippen molar-refractivity contribution < 1.29 is 19.8 Å². The third-order valence-corrected chi connectivity index (χ3v) is 5.50. The number of carboxylic acid groups (broad SMARTS) is 1. The van der Waals surface area contributed by atoms with E-state index in [0.717, 1.165) is 0 Å². The Morgan fingerprint density at radius 3 is 2.71 bits per heavy atom. The number of amides is 2. The zero-order valence-electron chi connectivity index (χ0n) is 18.0. The van der Waals surface area contributed by atoms with E-state index in [9.17, 15) is 19.8 Å². The highest BCUT2D eigenvalue weighted by atomic mass is 16.4. The van der Waals surface area contributed by atoms with Gasteiger partial charge in [-0.05, 0) is 29.9 Å². The highest BCUT2D eigenvalue weighted by Crippen LogP contribution is 2.32. The van der Waals surface area contributed by atoms with Crippen LogP contribution in [0.1, 0.15) is 49.7 Å². The van der Waals surface area contributed by atoms with Gasteiger partial charge in [0.15, 0.2) is 11.5 Å². The van der Waals surface area contributed by atoms with Gasteiger partial charge < -0.3 is 26.2 Å². The summed E-state index contributed by atoms with van der Waals surface area (Å²) < 4.78 is 0. The van der Waals surface area contributed by atoms with Gasteiger partial charge in [-0.1, -0.05) is 39.0 Å². The van der Waals surface area contributed by atoms with Gasteiger partial charge in [0.1, 0.15) is 0 Å². The number of aromatic nitrogens is 2. The van der Waals surface area contributed by atoms with Crippen LogP contribution in [0.15, 0.2) is 30.5 Å². The van der Waals surface area contributed by atoms with E-state index < -0.39 is 12.0 Å². The highest BCUT2D eigenvalue weighted by molar-refractivity contribution is 5.97. The summed E-state index contributed by atoms with van der Waals surface area (Å²) in [7, 11) is 0. The van der Waals surface area contributed by atoms with Gasteiger partial charge in [-0.2, -0.15) is 0 Å². The molecule has 166 valence electrons. The maximum absolute atomic E-state index is 13.1. The van der Waals surface area contributed by atoms with E-state index in [0.29, 0.717) is 36.2 Å². The Hall–Kier alpha value is -3.20. The van der Waals surface area contributed by atoms with E-state index in [-0.39, 0.29) is 35.6 Å². The second-order valence-electron chi connectivity index (χ2n) is 8.86. The SMILES string of the molecule is CC(C)(C)C1[C@@H](NC(=O)c2nc(-c3cccc(CO)c3)cnc2N)CCCN1C(=O)O. The van der Waals surface area contributed by atoms with Gasteiger partial charge >= 0.3 is 6.09 Å². The first kappa shape index (κ1) is 22.5. The van der Waals surface area contributed by atoms with Crippen LogP contribution in [-0.4, -0.2) is 55.7 Å². The molecular formula is C22H29N5O4. The molecule has 0 radical (unpaired) electrons. The first-order valence-electron chi connectivity index (χ1n) is 10.2. The molecule has 2 atom stereocenters. The largest absolute Gasteiger partial charge is 0.465 e. The molecule has 2 amide bonds. The molecule has 1 unspecified atom stereocenters. The van der Waals surface area contributed by atoms with Crippen LogP contribution in [-0.2, 0) is 6.61 Å². The average Bonchev–Trinajstić information content (AvgIpc) is 2.73. The number of nitrogens with two attached hydrogens (primary N) is 1. The second-order valence-corrected chi connectivity index (χ2v) is 8.86. The third-order valence-electron chi connectivity index (χ3n) is 5.50. The topological polar surface area (TPSA) is 142 Å². The summed E-state index contributed by atoms with van der Waals surface area (Å²) in [6.07, 6.45) is 1.79. The summed E-state index contributed by atoms with van der Waals surface area (Å²) >= 11 is 0. The molecule has 0 aliphatic carbocycles. The fraction of sp³-hybridized carbons (Fsp3) is 0.455. The van der Waals surface area contributed by atoms with Crippen LogP contribution in [0.3, 0.4) is 0 Å². The number of benzene rings is 1. The van der Waals surface area contributed by atoms with Crippen LogP contribution in [0.25, 0.3) is 11.3 Å². The summed E-state index contributed by atoms with van der Waals surface area (Å²) in [5.74, 6) is -0.491. The lowest BCUT2D eigenvalue weighted by molar-refractivity contribution is 0.0358. The number of nitrogen functional groups attached to an aromatic ring is 1. The summed E-state index contributed by atoms with van der Waals surface area (Å²) in [6, 6.07) is 6.38. The van der Waals surface area contributed by atoms with Crippen LogP contribution in [0.4, 0.5) is 10.6 Å². The minimum atomic E-state index is -0.996. The number of nitrogens with one attached hydrogen (secondary N) is 1. The second kappa shape index (κ2) is 8.89. The number of piperidine rings is 1. The van der Waals surface area contributed by atoms with Crippen molar-refractivity contribution in [2.24, 2.45) is 5.41 Å². The minimum absolute atomic E-state index is 0.00206. The lowest BCUT2D eigenvalue weighted by Gasteiger charge is -2.46. The van der Waals surface area contributed by atoms with Crippen molar-refractivity contribution >= 4 is 17.8 Å². The summed E-state index contributed by atoms with van der Waals surface area (Å²) in [5.41, 5.74) is 7.44. The molecule has 0 spiro atoms. The van der Waals surface area contributed by atoms with Crippen molar-refractivity contribution in [1.82, 2.24) is 20.2 Å². The summed E-state index contributed by atoms with van der Waals surface area (Å²) in [6.45, 7) is 6.20. The van der Waals surface area contributed by atoms with E-state index in [1.165, 1.54) is 11.1 Å². The maximum Gasteiger partial charge on any atom is 0.407 e. The standard InChI is InChI=1S/C22H29N5O4/c1-22(2,3)18-15(8-5-9-27(18)21(30)31)26-20(29)17-19(23)24-11-16(25-17)14-7-4-6-13(10-14)12-28/h4,6-7,10-11,15,18,28H,5,8-9,12H2,1-3H3,(H2,23,24)(H,26,29)(H,30,31)/t15-,18?/m0/s1. The lowest BCUT2D eigenvalue weighted by Crippen LogP contribution is -2.61. The first-order chi connectivity index (χ1) is 14.6. The Labute approximate surface area is 181 Å². The molecule has 1 aromatic heterocycles. The Morgan fingerprint density at radius 1 is 1.32 bits per heavy atom. The minimum Gasteiger partial charge on any atom is -0.465 e. The monoisotopic (exact) mass is 427 g/mol. The molecule has 2 aromatic rings. The van der Waals surface area contributed by atoms with Crippen LogP contribution < -0.4 is 11.1 Å². The van der Waals surface area contributed by atoms with Crippen molar-refractivity contribution in [3.8, 4) is 11.3 Å². The van der Waals surface area contributed by atoms with E-state index in [1.54, 1.807) is 18.2 Å². The number of aliphatic hydroxyl groups is 1. The maximum atomic E-state index is 13.1. The number of likely N-dealkylation sites (tertiary alicyclic amines) is 1. The molecule has 9 heteroatoms. The summed E-state index contributed by atoms with van der Waals surface area (Å²) in [4.78, 5) is 34.8. The van der Waals surface area contributed by atoms with Crippen molar-refractivity contribution in [3.05, 3.63) is 41.7 Å². The Morgan fingerprint density at radius 2 is 2.06 bits per heavy atom. The summed E-state index contributed by atoms with van der Waals surface area (Å²) in [5, 5.41) is 22.0. The van der Waals surface area contributed by atoms with Crippen LogP contribution in [0, 0.1) is 5.41 Å². The number of carbonyl (C=O) groups excluding carboxylic acids is 1. The predicted molar refractivity (Wildman–Crippen MR) is 116 cm³/mol. The fourth-order valence-corrected chi connectivity index (χ4v) is 4.20. The number of carbonyl (C=O) groups is 2. The van der Waals surface area contributed by atoms with Crippen LogP contribution in [0.2, 0.25) is 0 Å². The van der Waals surface area contributed by atoms with Gasteiger partial charge in [0, 0.05) is 12.1 Å². The zero-order chi connectivity index (χ0) is 22.8. The highest BCUT2D eigenvalue weighted by Gasteiger charge is 2.42. The van der Waals surface area contributed by atoms with E-state index in [2.05, 4.69) is 15.3 Å². The van der Waals surface area contributed by atoms with Crippen molar-refractivity contribution in [3.63, 3.8) is 0 Å². The van der Waals surface area contributed by atoms with Crippen LogP contribution in [0.5, 0.6) is 0 Å². The molecule has 5 N–H and O–H groups in total. The van der Waals surface area contributed by atoms with Crippen molar-refractivity contribution in [2.45, 2.75) is 52.3 Å². The average molecular weight is 428 g/mol. The number of hydrogen-bond acceptors (Lipinski definition) is 6. The molecule has 3 rings (SSSR count). The quantitative estimate of drug-likeness (QED) is 0.587. The molecule has 31 heavy (non-hydrogen) atoms. The van der Waals surface area contributed by atoms with Crippen molar-refractivity contribution in [2.75, 3.05) is 12.3 Å². The van der Waals surface area contributed by atoms with Crippen molar-refractivity contribution in [1.29, 1.82) is 0 Å². The van der Waals surface area contributed by atoms with E-state index >= 15 is 0 Å². The smallest absolute Gasteiger partial charge is 0.407 e. The molecule has 1 fully saturated rings. The van der Waals surface area contributed by atoms with E-state index in [1.807, 2.05) is 26.8 Å². The molecule has 0 saturated carbocycles. The Bertz CT molecular complexity index is 973. The molecule has 0 bridgehead atoms. The number of anilines is 1. The first-order valence-corrected chi connectivity index (χ1v) is 10.2. The number of rotatable bonds is 4. The van der Waals surface area contributed by atoms with Gasteiger partial charge in [-0.25, -0.2) is 14.8 Å². The Balaban J connectivity index is 1.89. The molecule has 1 saturated heterocycles. The van der Waals surface area contributed by atoms with Gasteiger partial charge in [0.05, 0.1) is 30.6 Å². The van der Waals surface area contributed by atoms with Gasteiger partial charge in [-0.15, -0.1) is 0 Å². The van der Waals surface area contributed by atoms with E-state index in [4.69, 9.17) is 5.73 Å². The molecule has 1 aromatic carbocycles. The fourth-order valence-electron chi connectivity index (χ4n) is 4.20. The third kappa shape index (κ3) is 4.93. The molecule has 2 heterocycles. The zero-order valence-corrected chi connectivity index (χ0v) is 18.0. The number of aliphatic hydroxyl groups excluding tert-OH is 1. The van der Waals surface area contributed by atoms with Crippen LogP contribution >= 0.6 is 0 Å². The van der Waals surface area contributed by atoms with Gasteiger partial charge in [-0.3, -0.25) is 4.79 Å². The molecule has 9 nitrogen and oxygen atoms in total. The Kier molecular flexibility index (Phi) is 6.45. The molecule has 1 aliphatic rings. The number of nitrogens with zero attached hydrogens (tertiary/aromatic N) is 3. The van der Waals surface area contributed by atoms with Gasteiger partial charge in [0.2, 0.25) is 0 Å². The van der Waals surface area contributed by atoms with Gasteiger partial charge in [0.25, 0.3) is 5.91 Å². The molecule has 1 aliphatic heterocycles. The predicted octanol–water partition coefficient (Wildman–Crippen LogP) is 2.50. The normalized spacial score (nSPS) is 19.2. The lowest BCUT2D eigenvalue weighted by atomic mass is 9.77. The number of hydrogen-bond donors (Lipinski definition) is 4. The molecular weight excluding hydrogens is 398 g/mol.